The van der Waals surface area contributed by atoms with E-state index in [9.17, 15) is 18.3 Å². The lowest BCUT2D eigenvalue weighted by atomic mass is 9.74. The fourth-order valence-electron chi connectivity index (χ4n) is 7.47. The Morgan fingerprint density at radius 1 is 0.644 bits per heavy atom. The first-order chi connectivity index (χ1) is 21.9. The number of hydrogen-bond donors (Lipinski definition) is 1. The molecule has 1 atom stereocenters. The van der Waals surface area contributed by atoms with Gasteiger partial charge in [-0.25, -0.2) is 0 Å². The summed E-state index contributed by atoms with van der Waals surface area (Å²) < 4.78 is 48.2. The lowest BCUT2D eigenvalue weighted by Gasteiger charge is -2.47. The van der Waals surface area contributed by atoms with Gasteiger partial charge in [0.15, 0.2) is 0 Å². The van der Waals surface area contributed by atoms with Gasteiger partial charge < -0.3 is 19.6 Å². The molecule has 7 heteroatoms. The van der Waals surface area contributed by atoms with Gasteiger partial charge in [0.25, 0.3) is 0 Å². The molecular formula is C38H39F3N2O2. The Labute approximate surface area is 263 Å². The number of benzene rings is 4. The minimum Gasteiger partial charge on any atom is -0.506 e. The monoisotopic (exact) mass is 612 g/mol. The zero-order chi connectivity index (χ0) is 31.1. The third-order valence-corrected chi connectivity index (χ3v) is 9.57. The Balaban J connectivity index is 1.25. The van der Waals surface area contributed by atoms with Crippen molar-refractivity contribution in [2.45, 2.75) is 83.2 Å². The van der Waals surface area contributed by atoms with Gasteiger partial charge in [0.2, 0.25) is 0 Å². The van der Waals surface area contributed by atoms with E-state index < -0.39 is 11.7 Å². The minimum atomic E-state index is -4.55. The van der Waals surface area contributed by atoms with Gasteiger partial charge in [-0.2, -0.15) is 13.2 Å². The molecule has 3 aliphatic heterocycles. The average Bonchev–Trinajstić information content (AvgIpc) is 3.03. The summed E-state index contributed by atoms with van der Waals surface area (Å²) in [6.07, 6.45) is 8.02. The molecular weight excluding hydrogens is 573 g/mol. The summed E-state index contributed by atoms with van der Waals surface area (Å²) in [6.45, 7) is 3.08. The van der Waals surface area contributed by atoms with Crippen LogP contribution >= 0.6 is 0 Å². The number of phenolic OH excluding ortho intramolecular Hbond substituents is 1. The zero-order valence-corrected chi connectivity index (χ0v) is 25.7. The Hall–Kier alpha value is -4.13. The van der Waals surface area contributed by atoms with E-state index in [-0.39, 0.29) is 17.4 Å². The predicted molar refractivity (Wildman–Crippen MR) is 174 cm³/mol. The fourth-order valence-corrected chi connectivity index (χ4v) is 7.47. The molecule has 4 nitrogen and oxygen atoms in total. The molecule has 45 heavy (non-hydrogen) atoms. The van der Waals surface area contributed by atoms with Crippen molar-refractivity contribution in [2.75, 3.05) is 16.3 Å². The van der Waals surface area contributed by atoms with E-state index in [0.29, 0.717) is 11.4 Å². The largest absolute Gasteiger partial charge is 0.506 e. The number of hydrogen-bond acceptors (Lipinski definition) is 4. The van der Waals surface area contributed by atoms with Crippen molar-refractivity contribution in [3.8, 4) is 17.2 Å². The highest BCUT2D eigenvalue weighted by Gasteiger charge is 2.46. The highest BCUT2D eigenvalue weighted by atomic mass is 19.4. The number of phenols is 1. The van der Waals surface area contributed by atoms with Crippen LogP contribution in [0, 0.1) is 0 Å². The van der Waals surface area contributed by atoms with Crippen molar-refractivity contribution in [3.63, 3.8) is 0 Å². The fraction of sp³-hybridized carbons (Fsp3) is 0.368. The van der Waals surface area contributed by atoms with Crippen molar-refractivity contribution in [1.29, 1.82) is 0 Å². The van der Waals surface area contributed by atoms with Crippen molar-refractivity contribution < 1.29 is 23.0 Å². The van der Waals surface area contributed by atoms with Gasteiger partial charge in [0.1, 0.15) is 17.2 Å². The summed E-state index contributed by atoms with van der Waals surface area (Å²) in [7, 11) is 0. The summed E-state index contributed by atoms with van der Waals surface area (Å²) in [4.78, 5) is 4.14. The molecule has 4 aromatic rings. The smallest absolute Gasteiger partial charge is 0.416 e. The SMILES string of the molecule is CCCCCCCCCCCCN1c2cccc3c2C2c4c(cccc4N(c4cc(C(F)(F)F)ccc4O)c4cccc1c42)O3. The van der Waals surface area contributed by atoms with E-state index in [1.54, 1.807) is 4.90 Å². The van der Waals surface area contributed by atoms with Crippen LogP contribution < -0.4 is 14.5 Å². The predicted octanol–water partition coefficient (Wildman–Crippen LogP) is 11.9. The third-order valence-electron chi connectivity index (χ3n) is 9.57. The average molecular weight is 613 g/mol. The first-order valence-electron chi connectivity index (χ1n) is 16.4. The maximum absolute atomic E-state index is 13.9. The third kappa shape index (κ3) is 5.20. The number of halogens is 3. The zero-order valence-electron chi connectivity index (χ0n) is 25.7. The van der Waals surface area contributed by atoms with Crippen LogP contribution in [0.2, 0.25) is 0 Å². The summed E-state index contributed by atoms with van der Waals surface area (Å²) in [6, 6.07) is 21.0. The van der Waals surface area contributed by atoms with Crippen LogP contribution in [0.5, 0.6) is 17.2 Å². The van der Waals surface area contributed by atoms with Crippen molar-refractivity contribution >= 4 is 28.4 Å². The van der Waals surface area contributed by atoms with Gasteiger partial charge in [0.05, 0.1) is 22.6 Å². The van der Waals surface area contributed by atoms with Crippen LogP contribution in [0.25, 0.3) is 0 Å². The number of rotatable bonds is 12. The Morgan fingerprint density at radius 2 is 1.18 bits per heavy atom. The minimum absolute atomic E-state index is 0.0935. The van der Waals surface area contributed by atoms with E-state index in [1.807, 2.05) is 42.5 Å². The van der Waals surface area contributed by atoms with E-state index in [2.05, 4.69) is 24.0 Å². The molecule has 7 rings (SSSR count). The molecule has 234 valence electrons. The number of unbranched alkanes of at least 4 members (excludes halogenated alkanes) is 9. The molecule has 1 N–H and O–H groups in total. The summed E-state index contributed by atoms with van der Waals surface area (Å²) in [5, 5.41) is 11.0. The standard InChI is InChI=1S/C38H39F3N2O2/c1-2-3-4-5-6-7-8-9-10-11-23-42-26-15-12-17-28-34(26)37-35-27(42)16-13-19-32(35)45-33-20-14-18-29(36(33)37)43(28)30-24-25(38(39,40)41)21-22-31(30)44/h12-22,24,37,44H,2-11,23H2,1H3. The molecule has 0 aromatic heterocycles. The molecule has 0 aliphatic carbocycles. The van der Waals surface area contributed by atoms with Crippen LogP contribution in [0.1, 0.15) is 99.3 Å². The van der Waals surface area contributed by atoms with Crippen molar-refractivity contribution in [3.05, 3.63) is 95.1 Å². The number of aromatic hydroxyl groups is 1. The second-order valence-corrected chi connectivity index (χ2v) is 12.5. The Morgan fingerprint density at radius 3 is 1.82 bits per heavy atom. The maximum atomic E-state index is 13.9. The summed E-state index contributed by atoms with van der Waals surface area (Å²) in [5.74, 6) is 1.15. The highest BCUT2D eigenvalue weighted by molar-refractivity contribution is 5.96. The van der Waals surface area contributed by atoms with E-state index >= 15 is 0 Å². The van der Waals surface area contributed by atoms with E-state index in [1.165, 1.54) is 51.4 Å². The van der Waals surface area contributed by atoms with Crippen LogP contribution in [0.3, 0.4) is 0 Å². The molecule has 0 saturated heterocycles. The van der Waals surface area contributed by atoms with Gasteiger partial charge in [-0.3, -0.25) is 0 Å². The topological polar surface area (TPSA) is 35.9 Å². The second kappa shape index (κ2) is 12.0. The quantitative estimate of drug-likeness (QED) is 0.140. The lowest BCUT2D eigenvalue weighted by Crippen LogP contribution is -2.33. The molecule has 0 bridgehead atoms. The number of anilines is 5. The first kappa shape index (κ1) is 29.6. The molecule has 3 aliphatic rings. The van der Waals surface area contributed by atoms with Gasteiger partial charge in [0, 0.05) is 40.5 Å². The number of ether oxygens (including phenoxy) is 1. The maximum Gasteiger partial charge on any atom is 0.416 e. The lowest BCUT2D eigenvalue weighted by molar-refractivity contribution is -0.137. The summed E-state index contributed by atoms with van der Waals surface area (Å²) in [5.41, 5.74) is 5.97. The number of nitrogens with zero attached hydrogens (tertiary/aromatic N) is 2. The Kier molecular flexibility index (Phi) is 7.88. The van der Waals surface area contributed by atoms with Gasteiger partial charge >= 0.3 is 6.18 Å². The summed E-state index contributed by atoms with van der Waals surface area (Å²) >= 11 is 0. The molecule has 1 unspecified atom stereocenters. The molecule has 0 saturated carbocycles. The second-order valence-electron chi connectivity index (χ2n) is 12.5. The highest BCUT2D eigenvalue weighted by Crippen LogP contribution is 2.65. The van der Waals surface area contributed by atoms with Gasteiger partial charge in [-0.05, 0) is 61.0 Å². The van der Waals surface area contributed by atoms with Crippen LogP contribution in [-0.4, -0.2) is 11.7 Å². The molecule has 3 heterocycles. The van der Waals surface area contributed by atoms with Crippen LogP contribution in [0.15, 0.2) is 72.8 Å². The normalized spacial score (nSPS) is 15.6. The van der Waals surface area contributed by atoms with Gasteiger partial charge in [-0.1, -0.05) is 82.9 Å². The molecule has 0 radical (unpaired) electrons. The van der Waals surface area contributed by atoms with E-state index in [0.717, 1.165) is 77.1 Å². The van der Waals surface area contributed by atoms with Crippen LogP contribution in [-0.2, 0) is 6.18 Å². The molecule has 0 spiro atoms. The van der Waals surface area contributed by atoms with Crippen molar-refractivity contribution in [2.24, 2.45) is 0 Å². The van der Waals surface area contributed by atoms with E-state index in [4.69, 9.17) is 4.74 Å². The van der Waals surface area contributed by atoms with Gasteiger partial charge in [-0.15, -0.1) is 0 Å². The molecule has 0 amide bonds. The van der Waals surface area contributed by atoms with Crippen LogP contribution in [0.4, 0.5) is 41.6 Å². The number of alkyl halides is 3. The van der Waals surface area contributed by atoms with Crippen molar-refractivity contribution in [1.82, 2.24) is 0 Å². The molecule has 4 aromatic carbocycles. The first-order valence-corrected chi connectivity index (χ1v) is 16.4. The molecule has 0 fully saturated rings. The Bertz CT molecular complexity index is 1720.